The highest BCUT2D eigenvalue weighted by atomic mass is 35.5. The number of benzene rings is 1. The van der Waals surface area contributed by atoms with Crippen LogP contribution in [0, 0.1) is 0 Å². The number of ether oxygens (including phenoxy) is 1. The lowest BCUT2D eigenvalue weighted by molar-refractivity contribution is -0.909. The number of quaternary nitrogens is 1. The number of nitrogens with one attached hydrogen (secondary N) is 3. The molecule has 0 saturated carbocycles. The third-order valence-corrected chi connectivity index (χ3v) is 4.15. The van der Waals surface area contributed by atoms with Gasteiger partial charge in [-0.2, -0.15) is 0 Å². The zero-order valence-corrected chi connectivity index (χ0v) is 14.2. The topological polar surface area (TPSA) is 88.9 Å². The van der Waals surface area contributed by atoms with Gasteiger partial charge in [0.1, 0.15) is 6.42 Å². The fourth-order valence-corrected chi connectivity index (χ4v) is 2.86. The average Bonchev–Trinajstić information content (AvgIpc) is 2.56. The highest BCUT2D eigenvalue weighted by molar-refractivity contribution is 6.30. The maximum absolute atomic E-state index is 12.2. The van der Waals surface area contributed by atoms with Crippen LogP contribution in [0.25, 0.3) is 0 Å². The summed E-state index contributed by atoms with van der Waals surface area (Å²) in [5.74, 6) is -0.882. The number of methoxy groups -OCH3 is 1. The zero-order chi connectivity index (χ0) is 17.5. The summed E-state index contributed by atoms with van der Waals surface area (Å²) in [6.45, 7) is 1.54. The fraction of sp³-hybridized carbons (Fsp3) is 0.438. The number of hydrogen-bond acceptors (Lipinski definition) is 4. The predicted molar refractivity (Wildman–Crippen MR) is 87.4 cm³/mol. The van der Waals surface area contributed by atoms with Crippen LogP contribution in [0.15, 0.2) is 24.3 Å². The van der Waals surface area contributed by atoms with Gasteiger partial charge in [-0.25, -0.2) is 0 Å². The minimum absolute atomic E-state index is 0.0424. The lowest BCUT2D eigenvalue weighted by atomic mass is 10.1. The molecule has 0 bridgehead atoms. The van der Waals surface area contributed by atoms with Crippen LogP contribution in [-0.2, 0) is 25.7 Å². The largest absolute Gasteiger partial charge is 0.469 e. The van der Waals surface area contributed by atoms with E-state index in [9.17, 15) is 14.4 Å². The number of carbonyl (C=O) groups excluding carboxylic acids is 3. The molecule has 1 aliphatic heterocycles. The van der Waals surface area contributed by atoms with Crippen LogP contribution in [0.5, 0.6) is 0 Å². The number of piperazine rings is 1. The molecule has 2 amide bonds. The van der Waals surface area contributed by atoms with E-state index in [-0.39, 0.29) is 24.8 Å². The summed E-state index contributed by atoms with van der Waals surface area (Å²) in [6, 6.07) is 6.62. The molecule has 1 unspecified atom stereocenters. The first-order valence-electron chi connectivity index (χ1n) is 7.70. The Kier molecular flexibility index (Phi) is 6.57. The number of amides is 2. The fourth-order valence-electron chi connectivity index (χ4n) is 2.64. The van der Waals surface area contributed by atoms with E-state index in [1.807, 2.05) is 12.1 Å². The van der Waals surface area contributed by atoms with Crippen molar-refractivity contribution >= 4 is 29.4 Å². The molecule has 130 valence electrons. The first-order chi connectivity index (χ1) is 11.5. The van der Waals surface area contributed by atoms with Crippen molar-refractivity contribution in [1.29, 1.82) is 0 Å². The molecule has 7 nitrogen and oxygen atoms in total. The Hall–Kier alpha value is -2.12. The molecule has 1 heterocycles. The number of carbonyl (C=O) groups is 3. The molecule has 1 saturated heterocycles. The third-order valence-electron chi connectivity index (χ3n) is 3.92. The van der Waals surface area contributed by atoms with Crippen LogP contribution >= 0.6 is 11.6 Å². The van der Waals surface area contributed by atoms with Crippen molar-refractivity contribution in [3.63, 3.8) is 0 Å². The van der Waals surface area contributed by atoms with Gasteiger partial charge in [-0.15, -0.1) is 0 Å². The quantitative estimate of drug-likeness (QED) is 0.566. The van der Waals surface area contributed by atoms with Gasteiger partial charge in [0.05, 0.1) is 20.2 Å². The van der Waals surface area contributed by atoms with E-state index in [4.69, 9.17) is 11.6 Å². The Morgan fingerprint density at radius 3 is 2.96 bits per heavy atom. The molecule has 1 aliphatic rings. The lowest BCUT2D eigenvalue weighted by Gasteiger charge is -2.30. The van der Waals surface area contributed by atoms with Crippen molar-refractivity contribution in [3.05, 3.63) is 34.9 Å². The second-order valence-electron chi connectivity index (χ2n) is 5.62. The second kappa shape index (κ2) is 8.65. The molecule has 1 aromatic rings. The van der Waals surface area contributed by atoms with Crippen LogP contribution < -0.4 is 15.5 Å². The van der Waals surface area contributed by atoms with E-state index >= 15 is 0 Å². The normalized spacial score (nSPS) is 20.2. The van der Waals surface area contributed by atoms with Gasteiger partial charge in [-0.05, 0) is 17.7 Å². The van der Waals surface area contributed by atoms with Crippen LogP contribution in [0.2, 0.25) is 5.02 Å². The van der Waals surface area contributed by atoms with E-state index in [2.05, 4.69) is 15.4 Å². The van der Waals surface area contributed by atoms with E-state index in [1.165, 1.54) is 7.11 Å². The smallest absolute Gasteiger partial charge is 0.312 e. The molecule has 0 aliphatic carbocycles. The van der Waals surface area contributed by atoms with Gasteiger partial charge >= 0.3 is 5.97 Å². The van der Waals surface area contributed by atoms with Crippen LogP contribution in [0.4, 0.5) is 0 Å². The minimum atomic E-state index is -0.608. The molecule has 0 aromatic heterocycles. The first kappa shape index (κ1) is 18.2. The third kappa shape index (κ3) is 5.21. The van der Waals surface area contributed by atoms with Crippen molar-refractivity contribution in [2.75, 3.05) is 26.7 Å². The van der Waals surface area contributed by atoms with Gasteiger partial charge in [0, 0.05) is 11.6 Å². The predicted octanol–water partition coefficient (Wildman–Crippen LogP) is -1.10. The molecule has 0 radical (unpaired) electrons. The van der Waals surface area contributed by atoms with Crippen molar-refractivity contribution in [2.24, 2.45) is 0 Å². The van der Waals surface area contributed by atoms with Crippen molar-refractivity contribution in [3.8, 4) is 0 Å². The molecule has 0 spiro atoms. The molecular formula is C16H21ClN3O4+. The molecule has 24 heavy (non-hydrogen) atoms. The van der Waals surface area contributed by atoms with Gasteiger partial charge in [0.15, 0.2) is 12.6 Å². The maximum atomic E-state index is 12.2. The monoisotopic (exact) mass is 354 g/mol. The molecular weight excluding hydrogens is 334 g/mol. The van der Waals surface area contributed by atoms with Crippen molar-refractivity contribution in [1.82, 2.24) is 10.6 Å². The number of rotatable bonds is 6. The molecule has 8 heteroatoms. The number of hydrogen-bond donors (Lipinski definition) is 3. The molecule has 3 N–H and O–H groups in total. The van der Waals surface area contributed by atoms with E-state index in [1.54, 1.807) is 12.1 Å². The average molecular weight is 355 g/mol. The van der Waals surface area contributed by atoms with Crippen LogP contribution in [-0.4, -0.2) is 50.6 Å². The molecule has 2 rings (SSSR count). The molecule has 1 fully saturated rings. The standard InChI is InChI=1S/C16H20ClN3O4/c1-24-15(22)8-13-16(23)18-5-6-20(13)10-14(21)19-9-11-3-2-4-12(17)7-11/h2-4,7,13H,5-6,8-10H2,1H3,(H,18,23)(H,19,21)/p+1/t13-/m1/s1. The number of esters is 1. The summed E-state index contributed by atoms with van der Waals surface area (Å²) in [6.07, 6.45) is -0.0424. The molecule has 2 atom stereocenters. The Morgan fingerprint density at radius 1 is 1.46 bits per heavy atom. The maximum Gasteiger partial charge on any atom is 0.312 e. The number of halogens is 1. The van der Waals surface area contributed by atoms with E-state index < -0.39 is 12.0 Å². The summed E-state index contributed by atoms with van der Waals surface area (Å²) >= 11 is 5.91. The Balaban J connectivity index is 1.90. The van der Waals surface area contributed by atoms with E-state index in [0.717, 1.165) is 10.5 Å². The van der Waals surface area contributed by atoms with Gasteiger partial charge in [-0.3, -0.25) is 14.4 Å². The second-order valence-corrected chi connectivity index (χ2v) is 6.05. The first-order valence-corrected chi connectivity index (χ1v) is 8.07. The Morgan fingerprint density at radius 2 is 2.25 bits per heavy atom. The molecule has 1 aromatic carbocycles. The van der Waals surface area contributed by atoms with Crippen molar-refractivity contribution in [2.45, 2.75) is 19.0 Å². The van der Waals surface area contributed by atoms with Gasteiger partial charge in [0.2, 0.25) is 0 Å². The Labute approximate surface area is 145 Å². The highest BCUT2D eigenvalue weighted by Gasteiger charge is 2.36. The Bertz CT molecular complexity index is 623. The van der Waals surface area contributed by atoms with Gasteiger partial charge < -0.3 is 20.3 Å². The highest BCUT2D eigenvalue weighted by Crippen LogP contribution is 2.10. The summed E-state index contributed by atoms with van der Waals surface area (Å²) in [5, 5.41) is 6.13. The summed E-state index contributed by atoms with van der Waals surface area (Å²) < 4.78 is 4.63. The zero-order valence-electron chi connectivity index (χ0n) is 13.4. The van der Waals surface area contributed by atoms with Gasteiger partial charge in [-0.1, -0.05) is 23.7 Å². The lowest BCUT2D eigenvalue weighted by Crippen LogP contribution is -3.20. The van der Waals surface area contributed by atoms with E-state index in [0.29, 0.717) is 24.7 Å². The minimum Gasteiger partial charge on any atom is -0.469 e. The summed E-state index contributed by atoms with van der Waals surface area (Å²) in [5.41, 5.74) is 0.897. The van der Waals surface area contributed by atoms with Gasteiger partial charge in [0.25, 0.3) is 11.8 Å². The SMILES string of the molecule is COC(=O)C[C@@H]1C(=O)NCC[NH+]1CC(=O)NCc1cccc(Cl)c1. The summed E-state index contributed by atoms with van der Waals surface area (Å²) in [4.78, 5) is 36.4. The van der Waals surface area contributed by atoms with Crippen molar-refractivity contribution < 1.29 is 24.0 Å². The van der Waals surface area contributed by atoms with Crippen LogP contribution in [0.1, 0.15) is 12.0 Å². The summed E-state index contributed by atoms with van der Waals surface area (Å²) in [7, 11) is 1.28. The van der Waals surface area contributed by atoms with Crippen LogP contribution in [0.3, 0.4) is 0 Å².